The number of hydrogen-bond donors (Lipinski definition) is 0. The third kappa shape index (κ3) is 2.22. The molecule has 4 aliphatic rings. The molecule has 3 fully saturated rings. The lowest BCUT2D eigenvalue weighted by Crippen LogP contribution is -2.41. The first kappa shape index (κ1) is 17.7. The second kappa shape index (κ2) is 6.17. The van der Waals surface area contributed by atoms with E-state index in [0.717, 1.165) is 17.7 Å². The van der Waals surface area contributed by atoms with E-state index < -0.39 is 0 Å². The number of imide groups is 1. The largest absolute Gasteiger partial charge is 0.497 e. The van der Waals surface area contributed by atoms with Gasteiger partial charge in [-0.15, -0.1) is 0 Å². The lowest BCUT2D eigenvalue weighted by atomic mass is 9.71. The lowest BCUT2D eigenvalue weighted by Gasteiger charge is -2.29. The van der Waals surface area contributed by atoms with Crippen LogP contribution in [0, 0.1) is 36.5 Å². The molecule has 2 aliphatic carbocycles. The molecule has 2 aromatic rings. The minimum atomic E-state index is -0.307. The van der Waals surface area contributed by atoms with E-state index in [-0.39, 0.29) is 47.5 Å². The summed E-state index contributed by atoms with van der Waals surface area (Å²) in [7, 11) is 1.59. The minimum absolute atomic E-state index is 0.0383. The first-order valence-corrected chi connectivity index (χ1v) is 10.4. The average Bonchev–Trinajstić information content (AvgIpc) is 3.49. The second-order valence-electron chi connectivity index (χ2n) is 8.76. The first-order chi connectivity index (χ1) is 14.6. The Kier molecular flexibility index (Phi) is 3.64. The van der Waals surface area contributed by atoms with Crippen molar-refractivity contribution in [3.8, 4) is 5.75 Å². The van der Waals surface area contributed by atoms with E-state index >= 15 is 0 Å². The zero-order valence-corrected chi connectivity index (χ0v) is 16.8. The zero-order valence-electron chi connectivity index (χ0n) is 16.8. The third-order valence-electron chi connectivity index (χ3n) is 7.37. The highest BCUT2D eigenvalue weighted by Crippen LogP contribution is 2.62. The van der Waals surface area contributed by atoms with Gasteiger partial charge in [-0.1, -0.05) is 35.0 Å². The number of oxime groups is 1. The predicted octanol–water partition coefficient (Wildman–Crippen LogP) is 3.18. The van der Waals surface area contributed by atoms with Crippen LogP contribution in [0.15, 0.2) is 53.7 Å². The van der Waals surface area contributed by atoms with Gasteiger partial charge in [-0.2, -0.15) is 0 Å². The highest BCUT2D eigenvalue weighted by Gasteiger charge is 2.70. The average molecular weight is 402 g/mol. The summed E-state index contributed by atoms with van der Waals surface area (Å²) < 4.78 is 5.20. The Morgan fingerprint density at radius 3 is 2.27 bits per heavy atom. The molecule has 2 bridgehead atoms. The van der Waals surface area contributed by atoms with Crippen molar-refractivity contribution < 1.29 is 19.2 Å². The fourth-order valence-electron chi connectivity index (χ4n) is 6.07. The fourth-order valence-corrected chi connectivity index (χ4v) is 6.07. The highest BCUT2D eigenvalue weighted by molar-refractivity contribution is 6.23. The molecule has 6 atom stereocenters. The van der Waals surface area contributed by atoms with E-state index in [4.69, 9.17) is 9.57 Å². The Labute approximate surface area is 174 Å². The molecule has 0 radical (unpaired) electrons. The minimum Gasteiger partial charge on any atom is -0.497 e. The van der Waals surface area contributed by atoms with Gasteiger partial charge in [0.1, 0.15) is 11.9 Å². The molecule has 152 valence electrons. The highest BCUT2D eigenvalue weighted by atomic mass is 16.6. The molecule has 2 aliphatic heterocycles. The molecule has 0 aromatic heterocycles. The van der Waals surface area contributed by atoms with Crippen molar-refractivity contribution in [2.24, 2.45) is 34.7 Å². The summed E-state index contributed by atoms with van der Waals surface area (Å²) in [5.41, 5.74) is 3.77. The lowest BCUT2D eigenvalue weighted by molar-refractivity contribution is -0.125. The van der Waals surface area contributed by atoms with Crippen molar-refractivity contribution in [1.82, 2.24) is 0 Å². The number of ether oxygens (including phenoxy) is 1. The van der Waals surface area contributed by atoms with Crippen molar-refractivity contribution in [3.05, 3.63) is 59.7 Å². The molecule has 2 heterocycles. The molecule has 2 amide bonds. The summed E-state index contributed by atoms with van der Waals surface area (Å²) in [6.07, 6.45) is 0.740. The second-order valence-corrected chi connectivity index (χ2v) is 8.76. The molecule has 2 aromatic carbocycles. The van der Waals surface area contributed by atoms with Crippen LogP contribution in [0.3, 0.4) is 0 Å². The third-order valence-corrected chi connectivity index (χ3v) is 7.37. The number of amides is 2. The quantitative estimate of drug-likeness (QED) is 0.740. The maximum atomic E-state index is 13.4. The number of rotatable bonds is 3. The summed E-state index contributed by atoms with van der Waals surface area (Å²) in [5, 5.41) is 4.40. The van der Waals surface area contributed by atoms with Crippen molar-refractivity contribution in [1.29, 1.82) is 0 Å². The van der Waals surface area contributed by atoms with Crippen LogP contribution in [0.5, 0.6) is 5.75 Å². The van der Waals surface area contributed by atoms with Crippen LogP contribution in [0.1, 0.15) is 17.5 Å². The summed E-state index contributed by atoms with van der Waals surface area (Å²) in [6.45, 7) is 2.05. The molecule has 6 rings (SSSR count). The number of carbonyl (C=O) groups is 2. The fraction of sp³-hybridized carbons (Fsp3) is 0.375. The molecular formula is C24H22N2O4. The van der Waals surface area contributed by atoms with E-state index in [1.54, 1.807) is 31.4 Å². The maximum absolute atomic E-state index is 13.4. The molecule has 0 spiro atoms. The van der Waals surface area contributed by atoms with Gasteiger partial charge >= 0.3 is 0 Å². The van der Waals surface area contributed by atoms with Gasteiger partial charge < -0.3 is 9.57 Å². The predicted molar refractivity (Wildman–Crippen MR) is 110 cm³/mol. The first-order valence-electron chi connectivity index (χ1n) is 10.4. The van der Waals surface area contributed by atoms with Gasteiger partial charge in [0.15, 0.2) is 0 Å². The molecule has 2 saturated carbocycles. The van der Waals surface area contributed by atoms with Gasteiger partial charge in [0.05, 0.1) is 30.3 Å². The van der Waals surface area contributed by atoms with Crippen molar-refractivity contribution >= 4 is 23.2 Å². The summed E-state index contributed by atoms with van der Waals surface area (Å²) in [6, 6.07) is 15.4. The van der Waals surface area contributed by atoms with Crippen LogP contribution < -0.4 is 9.64 Å². The Hall–Kier alpha value is -3.15. The maximum Gasteiger partial charge on any atom is 0.238 e. The molecule has 6 heteroatoms. The van der Waals surface area contributed by atoms with E-state index in [1.807, 2.05) is 0 Å². The van der Waals surface area contributed by atoms with E-state index in [0.29, 0.717) is 11.4 Å². The SMILES string of the molecule is COc1ccc(N2C(=O)[C@@H]3[C@H]4C[C@@H]([C@H]5C(c6ccc(C)cc6)=NO[C@@H]45)[C@H]3C2=O)cc1. The van der Waals surface area contributed by atoms with Crippen LogP contribution in [0.4, 0.5) is 5.69 Å². The number of aryl methyl sites for hydroxylation is 1. The Morgan fingerprint density at radius 2 is 1.60 bits per heavy atom. The monoisotopic (exact) mass is 402 g/mol. The molecule has 1 saturated heterocycles. The topological polar surface area (TPSA) is 68.2 Å². The van der Waals surface area contributed by atoms with E-state index in [2.05, 4.69) is 36.3 Å². The van der Waals surface area contributed by atoms with Crippen LogP contribution >= 0.6 is 0 Å². The Morgan fingerprint density at radius 1 is 0.933 bits per heavy atom. The standard InChI is InChI=1S/C24H22N2O4/c1-12-3-5-13(6-4-12)21-20-16-11-17(22(20)30-25-21)19-18(16)23(27)26(24(19)28)14-7-9-15(29-2)10-8-14/h3-10,16-20,22H,11H2,1-2H3/t16-,17-,18-,19-,20+,22+/m1/s1. The number of anilines is 1. The molecule has 30 heavy (non-hydrogen) atoms. The van der Waals surface area contributed by atoms with Gasteiger partial charge in [-0.25, -0.2) is 0 Å². The number of benzene rings is 2. The number of carbonyl (C=O) groups excluding carboxylic acids is 2. The van der Waals surface area contributed by atoms with Gasteiger partial charge in [0.25, 0.3) is 0 Å². The van der Waals surface area contributed by atoms with Crippen molar-refractivity contribution in [2.75, 3.05) is 12.0 Å². The normalized spacial score (nSPS) is 33.4. The molecule has 0 N–H and O–H groups in total. The Bertz CT molecular complexity index is 1080. The van der Waals surface area contributed by atoms with Gasteiger partial charge in [0, 0.05) is 11.8 Å². The van der Waals surface area contributed by atoms with Crippen LogP contribution in [0.2, 0.25) is 0 Å². The number of hydrogen-bond acceptors (Lipinski definition) is 5. The van der Waals surface area contributed by atoms with E-state index in [1.165, 1.54) is 10.5 Å². The van der Waals surface area contributed by atoms with Gasteiger partial charge in [-0.05, 0) is 49.1 Å². The van der Waals surface area contributed by atoms with Crippen molar-refractivity contribution in [3.63, 3.8) is 0 Å². The van der Waals surface area contributed by atoms with Crippen LogP contribution in [-0.2, 0) is 14.4 Å². The number of fused-ring (bicyclic) bond motifs is 8. The molecular weight excluding hydrogens is 380 g/mol. The molecule has 6 nitrogen and oxygen atoms in total. The van der Waals surface area contributed by atoms with Crippen LogP contribution in [-0.4, -0.2) is 30.7 Å². The number of nitrogens with zero attached hydrogens (tertiary/aromatic N) is 2. The summed E-state index contributed by atoms with van der Waals surface area (Å²) >= 11 is 0. The van der Waals surface area contributed by atoms with Gasteiger partial charge in [-0.3, -0.25) is 14.5 Å². The van der Waals surface area contributed by atoms with Crippen LogP contribution in [0.25, 0.3) is 0 Å². The van der Waals surface area contributed by atoms with Crippen molar-refractivity contribution in [2.45, 2.75) is 19.4 Å². The molecule has 0 unspecified atom stereocenters. The number of methoxy groups -OCH3 is 1. The Balaban J connectivity index is 1.33. The van der Waals surface area contributed by atoms with Gasteiger partial charge in [0.2, 0.25) is 11.8 Å². The summed E-state index contributed by atoms with van der Waals surface area (Å²) in [5.74, 6) is 0.113. The summed E-state index contributed by atoms with van der Waals surface area (Å²) in [4.78, 5) is 33.9. The zero-order chi connectivity index (χ0) is 20.6. The van der Waals surface area contributed by atoms with E-state index in [9.17, 15) is 9.59 Å². The smallest absolute Gasteiger partial charge is 0.238 e.